The minimum Gasteiger partial charge on any atom is -0.387 e. The molecule has 1 atom stereocenters. The Balaban J connectivity index is 1.95. The first-order chi connectivity index (χ1) is 15.4. The third-order valence-corrected chi connectivity index (χ3v) is 4.58. The van der Waals surface area contributed by atoms with E-state index in [2.05, 4.69) is 25.7 Å². The number of aliphatic hydroxyl groups is 1. The van der Waals surface area contributed by atoms with Crippen molar-refractivity contribution < 1.29 is 27.5 Å². The van der Waals surface area contributed by atoms with Crippen molar-refractivity contribution in [2.75, 3.05) is 18.4 Å². The molecule has 3 N–H and O–H groups in total. The third kappa shape index (κ3) is 5.72. The molecule has 13 heteroatoms. The predicted octanol–water partition coefficient (Wildman–Crippen LogP) is 2.50. The number of fused-ring (bicyclic) bond motifs is 1. The van der Waals surface area contributed by atoms with E-state index in [1.165, 1.54) is 43.1 Å². The highest BCUT2D eigenvalue weighted by molar-refractivity contribution is 5.99. The molecule has 0 aromatic carbocycles. The summed E-state index contributed by atoms with van der Waals surface area (Å²) >= 11 is 0. The van der Waals surface area contributed by atoms with Crippen LogP contribution < -0.4 is 10.6 Å². The van der Waals surface area contributed by atoms with E-state index >= 15 is 0 Å². The lowest BCUT2D eigenvalue weighted by Crippen LogP contribution is -2.42. The van der Waals surface area contributed by atoms with E-state index in [-0.39, 0.29) is 17.1 Å². The Morgan fingerprint density at radius 3 is 2.61 bits per heavy atom. The van der Waals surface area contributed by atoms with Crippen LogP contribution in [0.3, 0.4) is 0 Å². The number of nitrogens with zero attached hydrogens (tertiary/aromatic N) is 5. The number of nitrogens with one attached hydrogen (secondary N) is 2. The average Bonchev–Trinajstić information content (AvgIpc) is 3.17. The largest absolute Gasteiger partial charge is 0.405 e. The van der Waals surface area contributed by atoms with Crippen LogP contribution in [0, 0.1) is 11.3 Å². The fourth-order valence-electron chi connectivity index (χ4n) is 2.76. The summed E-state index contributed by atoms with van der Waals surface area (Å²) < 4.78 is 53.6. The third-order valence-electron chi connectivity index (χ3n) is 4.58. The zero-order valence-electron chi connectivity index (χ0n) is 17.5. The van der Waals surface area contributed by atoms with Crippen LogP contribution in [0.2, 0.25) is 0 Å². The van der Waals surface area contributed by atoms with Gasteiger partial charge in [-0.05, 0) is 19.9 Å². The van der Waals surface area contributed by atoms with Crippen molar-refractivity contribution in [2.45, 2.75) is 31.8 Å². The summed E-state index contributed by atoms with van der Waals surface area (Å²) in [7, 11) is 0. The zero-order chi connectivity index (χ0) is 24.4. The second kappa shape index (κ2) is 8.99. The molecule has 1 unspecified atom stereocenters. The number of hydrogen-bond donors (Lipinski definition) is 3. The SMILES string of the molecule is CC(C)(O)C(F)CNC(=O)c1cnc(-n2ncc3cc(C#N)cnc32)cc1NCC(F)(F)F. The van der Waals surface area contributed by atoms with E-state index in [0.717, 1.165) is 6.20 Å². The molecule has 1 amide bonds. The Hall–Kier alpha value is -3.79. The first-order valence-electron chi connectivity index (χ1n) is 9.58. The minimum absolute atomic E-state index is 0.0586. The number of nitriles is 1. The summed E-state index contributed by atoms with van der Waals surface area (Å²) in [6, 6.07) is 4.65. The van der Waals surface area contributed by atoms with Crippen molar-refractivity contribution in [2.24, 2.45) is 0 Å². The maximum absolute atomic E-state index is 14.0. The van der Waals surface area contributed by atoms with Gasteiger partial charge in [-0.3, -0.25) is 4.79 Å². The van der Waals surface area contributed by atoms with E-state index in [1.54, 1.807) is 0 Å². The molecular formula is C20H19F4N7O2. The summed E-state index contributed by atoms with van der Waals surface area (Å²) in [5.74, 6) is -0.823. The van der Waals surface area contributed by atoms with Crippen molar-refractivity contribution in [1.82, 2.24) is 25.1 Å². The molecule has 9 nitrogen and oxygen atoms in total. The average molecular weight is 465 g/mol. The first-order valence-corrected chi connectivity index (χ1v) is 9.58. The fraction of sp³-hybridized carbons (Fsp3) is 0.350. The molecule has 3 aromatic heterocycles. The lowest BCUT2D eigenvalue weighted by Gasteiger charge is -2.22. The topological polar surface area (TPSA) is 129 Å². The molecule has 0 bridgehead atoms. The number of alkyl halides is 4. The van der Waals surface area contributed by atoms with Crippen molar-refractivity contribution in [3.8, 4) is 11.9 Å². The Kier molecular flexibility index (Phi) is 6.50. The van der Waals surface area contributed by atoms with Gasteiger partial charge in [0.05, 0.1) is 35.2 Å². The molecule has 0 aliphatic heterocycles. The van der Waals surface area contributed by atoms with E-state index in [4.69, 9.17) is 5.26 Å². The molecule has 174 valence electrons. The fourth-order valence-corrected chi connectivity index (χ4v) is 2.76. The van der Waals surface area contributed by atoms with Crippen LogP contribution in [0.5, 0.6) is 0 Å². The first kappa shape index (κ1) is 23.9. The van der Waals surface area contributed by atoms with Crippen molar-refractivity contribution in [3.63, 3.8) is 0 Å². The summed E-state index contributed by atoms with van der Waals surface area (Å²) in [5.41, 5.74) is -1.60. The lowest BCUT2D eigenvalue weighted by atomic mass is 10.0. The van der Waals surface area contributed by atoms with E-state index < -0.39 is 36.9 Å². The van der Waals surface area contributed by atoms with Gasteiger partial charge < -0.3 is 15.7 Å². The Morgan fingerprint density at radius 1 is 1.24 bits per heavy atom. The number of anilines is 1. The van der Waals surface area contributed by atoms with Gasteiger partial charge in [-0.2, -0.15) is 28.2 Å². The molecule has 3 rings (SSSR count). The van der Waals surface area contributed by atoms with Crippen LogP contribution in [0.4, 0.5) is 23.2 Å². The van der Waals surface area contributed by atoms with Gasteiger partial charge in [0.25, 0.3) is 5.91 Å². The number of rotatable bonds is 7. The highest BCUT2D eigenvalue weighted by Gasteiger charge is 2.29. The van der Waals surface area contributed by atoms with Gasteiger partial charge >= 0.3 is 6.18 Å². The molecule has 3 aromatic rings. The Labute approximate surface area is 185 Å². The summed E-state index contributed by atoms with van der Waals surface area (Å²) in [4.78, 5) is 20.7. The Bertz CT molecular complexity index is 1210. The maximum atomic E-state index is 14.0. The highest BCUT2D eigenvalue weighted by atomic mass is 19.4. The lowest BCUT2D eigenvalue weighted by molar-refractivity contribution is -0.115. The Morgan fingerprint density at radius 2 is 1.97 bits per heavy atom. The summed E-state index contributed by atoms with van der Waals surface area (Å²) in [5, 5.41) is 27.6. The molecule has 3 heterocycles. The molecule has 33 heavy (non-hydrogen) atoms. The number of pyridine rings is 2. The van der Waals surface area contributed by atoms with E-state index in [0.29, 0.717) is 16.6 Å². The summed E-state index contributed by atoms with van der Waals surface area (Å²) in [6.45, 7) is 0.449. The van der Waals surface area contributed by atoms with Crippen LogP contribution in [-0.4, -0.2) is 61.8 Å². The smallest absolute Gasteiger partial charge is 0.387 e. The van der Waals surface area contributed by atoms with Gasteiger partial charge in [0, 0.05) is 23.8 Å². The van der Waals surface area contributed by atoms with Crippen LogP contribution in [-0.2, 0) is 0 Å². The monoisotopic (exact) mass is 465 g/mol. The van der Waals surface area contributed by atoms with E-state index in [1.807, 2.05) is 6.07 Å². The molecule has 0 saturated carbocycles. The second-order valence-electron chi connectivity index (χ2n) is 7.69. The number of carbonyl (C=O) groups excluding carboxylic acids is 1. The van der Waals surface area contributed by atoms with Crippen LogP contribution >= 0.6 is 0 Å². The number of halogens is 4. The molecule has 0 spiro atoms. The predicted molar refractivity (Wildman–Crippen MR) is 109 cm³/mol. The van der Waals surface area contributed by atoms with Crippen molar-refractivity contribution in [3.05, 3.63) is 41.9 Å². The van der Waals surface area contributed by atoms with Gasteiger partial charge in [0.15, 0.2) is 11.5 Å². The van der Waals surface area contributed by atoms with Crippen LogP contribution in [0.25, 0.3) is 16.9 Å². The standard InChI is InChI=1S/C20H19F4N7O2/c1-19(2,33)15(21)9-28-18(32)13-8-26-16(4-14(13)29-10-20(22,23)24)31-17-12(7-30-31)3-11(5-25)6-27-17/h3-4,6-8,15,33H,9-10H2,1-2H3,(H,26,29)(H,28,32). The summed E-state index contributed by atoms with van der Waals surface area (Å²) in [6.07, 6.45) is -2.64. The van der Waals surface area contributed by atoms with Gasteiger partial charge in [-0.15, -0.1) is 0 Å². The highest BCUT2D eigenvalue weighted by Crippen LogP contribution is 2.24. The molecule has 0 saturated heterocycles. The van der Waals surface area contributed by atoms with Gasteiger partial charge in [0.2, 0.25) is 0 Å². The number of carbonyl (C=O) groups is 1. The second-order valence-corrected chi connectivity index (χ2v) is 7.69. The van der Waals surface area contributed by atoms with Crippen molar-refractivity contribution >= 4 is 22.6 Å². The van der Waals surface area contributed by atoms with Crippen molar-refractivity contribution in [1.29, 1.82) is 5.26 Å². The number of aromatic nitrogens is 4. The number of amides is 1. The normalized spacial score (nSPS) is 12.9. The molecule has 0 radical (unpaired) electrons. The van der Waals surface area contributed by atoms with E-state index in [9.17, 15) is 27.5 Å². The minimum atomic E-state index is -4.57. The molecule has 0 fully saturated rings. The number of hydrogen-bond acceptors (Lipinski definition) is 7. The molecule has 0 aliphatic rings. The van der Waals surface area contributed by atoms with Crippen LogP contribution in [0.15, 0.2) is 30.7 Å². The van der Waals surface area contributed by atoms with Crippen LogP contribution in [0.1, 0.15) is 29.8 Å². The van der Waals surface area contributed by atoms with Gasteiger partial charge in [-0.1, -0.05) is 0 Å². The van der Waals surface area contributed by atoms with Gasteiger partial charge in [-0.25, -0.2) is 14.4 Å². The zero-order valence-corrected chi connectivity index (χ0v) is 17.5. The quantitative estimate of drug-likeness (QED) is 0.457. The molecular weight excluding hydrogens is 446 g/mol. The maximum Gasteiger partial charge on any atom is 0.405 e. The van der Waals surface area contributed by atoms with Gasteiger partial charge in [0.1, 0.15) is 18.8 Å². The molecule has 0 aliphatic carbocycles.